The molecule has 2 aliphatic heterocycles. The van der Waals surface area contributed by atoms with Crippen LogP contribution in [-0.4, -0.2) is 6.61 Å². The smallest absolute Gasteiger partial charge is 0.152 e. The Kier molecular flexibility index (Phi) is 1.28. The van der Waals surface area contributed by atoms with E-state index in [1.807, 2.05) is 0 Å². The fraction of sp³-hybridized carbons (Fsp3) is 0.333. The molecule has 5 rings (SSSR count). The Morgan fingerprint density at radius 2 is 2.06 bits per heavy atom. The molecule has 2 nitrogen and oxygen atoms in total. The van der Waals surface area contributed by atoms with Gasteiger partial charge in [0.05, 0.1) is 6.61 Å². The molecule has 1 aliphatic carbocycles. The summed E-state index contributed by atoms with van der Waals surface area (Å²) < 4.78 is 11.6. The third-order valence-corrected chi connectivity index (χ3v) is 5.73. The summed E-state index contributed by atoms with van der Waals surface area (Å²) in [7, 11) is 0. The molecule has 4 heteroatoms. The predicted octanol–water partition coefficient (Wildman–Crippen LogP) is 3.21. The zero-order valence-corrected chi connectivity index (χ0v) is 9.94. The number of thiophene rings is 2. The van der Waals surface area contributed by atoms with E-state index < -0.39 is 0 Å². The van der Waals surface area contributed by atoms with Crippen molar-refractivity contribution in [2.75, 3.05) is 6.61 Å². The predicted molar refractivity (Wildman–Crippen MR) is 61.9 cm³/mol. The second-order valence-electron chi connectivity index (χ2n) is 4.50. The van der Waals surface area contributed by atoms with Gasteiger partial charge in [-0.1, -0.05) is 0 Å². The molecule has 3 aliphatic rings. The average Bonchev–Trinajstić information content (AvgIpc) is 3.18. The van der Waals surface area contributed by atoms with Crippen LogP contribution in [0.1, 0.15) is 33.1 Å². The minimum Gasteiger partial charge on any atom is -0.358 e. The Morgan fingerprint density at radius 3 is 2.94 bits per heavy atom. The standard InChI is InChI=1S/C12H8O2S2/c1-3-16-11-6(1)8-9(14-8)10-7(2-4-15-10)12(11)5-13-12/h1-4,8-9H,5H2. The molecule has 0 N–H and O–H groups in total. The number of hydrogen-bond acceptors (Lipinski definition) is 4. The molecular formula is C12H8O2S2. The zero-order chi connectivity index (χ0) is 10.3. The van der Waals surface area contributed by atoms with Crippen molar-refractivity contribution >= 4 is 22.7 Å². The molecule has 16 heavy (non-hydrogen) atoms. The van der Waals surface area contributed by atoms with Crippen LogP contribution in [0.15, 0.2) is 22.9 Å². The van der Waals surface area contributed by atoms with E-state index in [1.54, 1.807) is 22.7 Å². The number of ether oxygens (including phenoxy) is 2. The Balaban J connectivity index is 1.89. The highest BCUT2D eigenvalue weighted by Crippen LogP contribution is 2.64. The Morgan fingerprint density at radius 1 is 1.19 bits per heavy atom. The summed E-state index contributed by atoms with van der Waals surface area (Å²) in [5.41, 5.74) is 2.61. The second kappa shape index (κ2) is 2.43. The molecule has 0 aromatic carbocycles. The van der Waals surface area contributed by atoms with E-state index in [4.69, 9.17) is 9.47 Å². The van der Waals surface area contributed by atoms with Crippen molar-refractivity contribution in [3.63, 3.8) is 0 Å². The highest BCUT2D eigenvalue weighted by atomic mass is 32.1. The number of epoxide rings is 2. The van der Waals surface area contributed by atoms with Gasteiger partial charge in [-0.25, -0.2) is 0 Å². The van der Waals surface area contributed by atoms with Crippen molar-refractivity contribution in [1.82, 2.24) is 0 Å². The molecule has 3 unspecified atom stereocenters. The van der Waals surface area contributed by atoms with Gasteiger partial charge in [0.25, 0.3) is 0 Å². The molecule has 0 amide bonds. The first-order valence-electron chi connectivity index (χ1n) is 5.35. The molecule has 2 aromatic heterocycles. The summed E-state index contributed by atoms with van der Waals surface area (Å²) in [5, 5.41) is 4.32. The minimum absolute atomic E-state index is 0.102. The lowest BCUT2D eigenvalue weighted by molar-refractivity contribution is 0.335. The molecule has 4 heterocycles. The van der Waals surface area contributed by atoms with Crippen LogP contribution in [0.2, 0.25) is 0 Å². The van der Waals surface area contributed by atoms with Crippen LogP contribution < -0.4 is 0 Å². The summed E-state index contributed by atoms with van der Waals surface area (Å²) in [4.78, 5) is 2.75. The fourth-order valence-electron chi connectivity index (χ4n) is 2.78. The van der Waals surface area contributed by atoms with Crippen LogP contribution in [0, 0.1) is 0 Å². The topological polar surface area (TPSA) is 25.1 Å². The number of fused-ring (bicyclic) bond motifs is 7. The van der Waals surface area contributed by atoms with Crippen LogP contribution in [0.5, 0.6) is 0 Å². The Labute approximate surface area is 100 Å². The molecule has 3 atom stereocenters. The lowest BCUT2D eigenvalue weighted by Gasteiger charge is -2.10. The number of rotatable bonds is 0. The quantitative estimate of drug-likeness (QED) is 0.669. The van der Waals surface area contributed by atoms with E-state index in [2.05, 4.69) is 22.9 Å². The first-order chi connectivity index (χ1) is 7.90. The maximum atomic E-state index is 5.82. The van der Waals surface area contributed by atoms with Gasteiger partial charge in [-0.05, 0) is 22.9 Å². The third kappa shape index (κ3) is 0.798. The van der Waals surface area contributed by atoms with Crippen molar-refractivity contribution in [3.05, 3.63) is 43.8 Å². The largest absolute Gasteiger partial charge is 0.358 e. The first kappa shape index (κ1) is 8.42. The molecule has 0 bridgehead atoms. The van der Waals surface area contributed by atoms with Crippen LogP contribution in [0.3, 0.4) is 0 Å². The lowest BCUT2D eigenvalue weighted by atomic mass is 9.98. The molecular weight excluding hydrogens is 240 g/mol. The molecule has 0 saturated carbocycles. The summed E-state index contributed by atoms with van der Waals surface area (Å²) in [6.07, 6.45) is 0.592. The maximum Gasteiger partial charge on any atom is 0.152 e. The molecule has 2 aromatic rings. The van der Waals surface area contributed by atoms with Gasteiger partial charge >= 0.3 is 0 Å². The highest BCUT2D eigenvalue weighted by Gasteiger charge is 2.60. The molecule has 2 fully saturated rings. The highest BCUT2D eigenvalue weighted by molar-refractivity contribution is 7.11. The van der Waals surface area contributed by atoms with Crippen molar-refractivity contribution in [3.8, 4) is 0 Å². The Hall–Kier alpha value is -0.680. The normalized spacial score (nSPS) is 37.5. The van der Waals surface area contributed by atoms with Crippen LogP contribution in [0.4, 0.5) is 0 Å². The van der Waals surface area contributed by atoms with E-state index in [1.165, 1.54) is 20.9 Å². The van der Waals surface area contributed by atoms with Gasteiger partial charge in [-0.3, -0.25) is 0 Å². The average molecular weight is 248 g/mol. The molecule has 80 valence electrons. The van der Waals surface area contributed by atoms with Crippen molar-refractivity contribution in [1.29, 1.82) is 0 Å². The van der Waals surface area contributed by atoms with Gasteiger partial charge in [0.15, 0.2) is 5.60 Å². The van der Waals surface area contributed by atoms with E-state index in [9.17, 15) is 0 Å². The lowest BCUT2D eigenvalue weighted by Crippen LogP contribution is -2.10. The Bertz CT molecular complexity index is 545. The second-order valence-corrected chi connectivity index (χ2v) is 6.36. The van der Waals surface area contributed by atoms with Gasteiger partial charge in [0.1, 0.15) is 12.2 Å². The van der Waals surface area contributed by atoms with E-state index in [0.29, 0.717) is 12.2 Å². The van der Waals surface area contributed by atoms with Crippen molar-refractivity contribution < 1.29 is 9.47 Å². The first-order valence-corrected chi connectivity index (χ1v) is 7.11. The van der Waals surface area contributed by atoms with Crippen LogP contribution in [0.25, 0.3) is 0 Å². The van der Waals surface area contributed by atoms with Crippen molar-refractivity contribution in [2.45, 2.75) is 17.8 Å². The molecule has 0 radical (unpaired) electrons. The van der Waals surface area contributed by atoms with E-state index in [0.717, 1.165) is 6.61 Å². The van der Waals surface area contributed by atoms with Crippen molar-refractivity contribution in [2.24, 2.45) is 0 Å². The summed E-state index contributed by atoms with van der Waals surface area (Å²) in [6.45, 7) is 0.837. The SMILES string of the molecule is c1cc2c(s1)C1OC1c1ccsc1C21CO1. The zero-order valence-electron chi connectivity index (χ0n) is 8.30. The van der Waals surface area contributed by atoms with E-state index in [-0.39, 0.29) is 5.60 Å². The van der Waals surface area contributed by atoms with Crippen LogP contribution >= 0.6 is 22.7 Å². The van der Waals surface area contributed by atoms with Gasteiger partial charge in [-0.15, -0.1) is 22.7 Å². The monoisotopic (exact) mass is 248 g/mol. The number of hydrogen-bond donors (Lipinski definition) is 0. The molecule has 2 saturated heterocycles. The van der Waals surface area contributed by atoms with Crippen LogP contribution in [-0.2, 0) is 15.1 Å². The molecule has 1 spiro atoms. The third-order valence-electron chi connectivity index (χ3n) is 3.68. The summed E-state index contributed by atoms with van der Waals surface area (Å²) in [5.74, 6) is 0. The fourth-order valence-corrected chi connectivity index (χ4v) is 4.89. The summed E-state index contributed by atoms with van der Waals surface area (Å²) in [6, 6.07) is 4.41. The van der Waals surface area contributed by atoms with Gasteiger partial charge in [-0.2, -0.15) is 0 Å². The maximum absolute atomic E-state index is 5.82. The van der Waals surface area contributed by atoms with Gasteiger partial charge < -0.3 is 9.47 Å². The minimum atomic E-state index is -0.102. The van der Waals surface area contributed by atoms with Gasteiger partial charge in [0, 0.05) is 20.9 Å². The van der Waals surface area contributed by atoms with Gasteiger partial charge in [0.2, 0.25) is 0 Å². The summed E-state index contributed by atoms with van der Waals surface area (Å²) >= 11 is 3.61. The van der Waals surface area contributed by atoms with E-state index >= 15 is 0 Å².